The van der Waals surface area contributed by atoms with Crippen LogP contribution in [0.3, 0.4) is 0 Å². The van der Waals surface area contributed by atoms with Crippen molar-refractivity contribution < 1.29 is 51.2 Å². The van der Waals surface area contributed by atoms with Gasteiger partial charge in [-0.1, -0.05) is 48.2 Å². The molecular weight excluding hydrogens is 1070 g/mol. The number of carbonyl (C=O) groups is 1. The third-order valence-corrected chi connectivity index (χ3v) is 16.7. The largest absolute Gasteiger partial charge is 0.451 e. The smallest absolute Gasteiger partial charge is 0.388 e. The van der Waals surface area contributed by atoms with Crippen molar-refractivity contribution in [3.05, 3.63) is 106 Å². The van der Waals surface area contributed by atoms with Crippen molar-refractivity contribution in [1.82, 2.24) is 49.3 Å². The number of hydrogen-bond donors (Lipinski definition) is 4. The van der Waals surface area contributed by atoms with E-state index in [1.54, 1.807) is 30.3 Å². The van der Waals surface area contributed by atoms with E-state index in [0.717, 1.165) is 51.1 Å². The second-order valence-corrected chi connectivity index (χ2v) is 22.1. The number of pyridine rings is 1. The van der Waals surface area contributed by atoms with Crippen LogP contribution in [0.1, 0.15) is 95.2 Å². The molecule has 2 aliphatic carbocycles. The summed E-state index contributed by atoms with van der Waals surface area (Å²) >= 11 is 12.5. The second kappa shape index (κ2) is 21.9. The number of nitrogens with one attached hydrogen (secondary N) is 2. The first-order valence-corrected chi connectivity index (χ1v) is 26.7. The molecule has 0 radical (unpaired) electrons. The third kappa shape index (κ3) is 11.0. The van der Waals surface area contributed by atoms with Gasteiger partial charge in [-0.05, 0) is 111 Å². The average Bonchev–Trinajstić information content (AvgIpc) is 4.41. The minimum atomic E-state index is -4.78. The van der Waals surface area contributed by atoms with Gasteiger partial charge in [-0.25, -0.2) is 24.3 Å². The number of amides is 1. The quantitative estimate of drug-likeness (QED) is 0.0794. The summed E-state index contributed by atoms with van der Waals surface area (Å²) in [6.07, 6.45) is 5.62. The van der Waals surface area contributed by atoms with E-state index in [2.05, 4.69) is 36.0 Å². The molecule has 19 nitrogen and oxygen atoms in total. The average molecular weight is 1130 g/mol. The molecule has 3 aliphatic heterocycles. The molecule has 8 heterocycles. The first-order valence-electron chi connectivity index (χ1n) is 25.9. The van der Waals surface area contributed by atoms with Crippen LogP contribution in [-0.4, -0.2) is 115 Å². The van der Waals surface area contributed by atoms with E-state index < -0.39 is 66.2 Å². The van der Waals surface area contributed by atoms with Gasteiger partial charge >= 0.3 is 12.7 Å². The van der Waals surface area contributed by atoms with Crippen molar-refractivity contribution in [2.24, 2.45) is 29.6 Å². The number of ether oxygens (including phenoxy) is 3. The van der Waals surface area contributed by atoms with E-state index in [4.69, 9.17) is 47.4 Å². The van der Waals surface area contributed by atoms with Crippen molar-refractivity contribution in [3.63, 3.8) is 0 Å². The number of benzene rings is 1. The fourth-order valence-corrected chi connectivity index (χ4v) is 12.6. The van der Waals surface area contributed by atoms with Crippen LogP contribution in [0.2, 0.25) is 10.2 Å². The van der Waals surface area contributed by atoms with Crippen LogP contribution in [0, 0.1) is 29.6 Å². The van der Waals surface area contributed by atoms with Crippen LogP contribution in [0.4, 0.5) is 33.5 Å². The van der Waals surface area contributed by atoms with Gasteiger partial charge in [0.2, 0.25) is 11.7 Å². The molecule has 5 unspecified atom stereocenters. The number of alkyl halides is 5. The maximum Gasteiger partial charge on any atom is 0.451 e. The number of nitrogens with zero attached hydrogens (tertiary/aromatic N) is 10. The fraction of sp³-hybridized carbons (Fsp3) is 0.519. The number of halogens is 7. The van der Waals surface area contributed by atoms with E-state index in [1.165, 1.54) is 46.3 Å². The van der Waals surface area contributed by atoms with Crippen molar-refractivity contribution in [1.29, 1.82) is 0 Å². The highest BCUT2D eigenvalue weighted by molar-refractivity contribution is 6.31. The summed E-state index contributed by atoms with van der Waals surface area (Å²) in [4.78, 5) is 44.9. The predicted molar refractivity (Wildman–Crippen MR) is 271 cm³/mol. The molecule has 4 N–H and O–H groups in total. The van der Waals surface area contributed by atoms with Gasteiger partial charge in [0, 0.05) is 40.5 Å². The van der Waals surface area contributed by atoms with Crippen LogP contribution in [0.15, 0.2) is 78.4 Å². The highest BCUT2D eigenvalue weighted by Crippen LogP contribution is 2.46. The Morgan fingerprint density at radius 3 is 2.50 bits per heavy atom. The summed E-state index contributed by atoms with van der Waals surface area (Å²) in [6, 6.07) is 9.01. The zero-order chi connectivity index (χ0) is 54.6. The lowest BCUT2D eigenvalue weighted by molar-refractivity contribution is -0.233. The second-order valence-electron chi connectivity index (χ2n) is 21.3. The van der Waals surface area contributed by atoms with Gasteiger partial charge in [-0.15, -0.1) is 5.10 Å². The SMILES string of the molecule is C[C@H]1C(=O)Nc2cnn(C(F)F)c2-c2ccnc(c2)[C@@H](n2cnc(-c3cc(Cl)ccc3-n3cc(Cl)nn3)cc2=O)CCC1CC1CCC(CC2CCC(OC[C@@]34CO[C@@H](O3)[C@H](Nc3ccnc(C(F)(F)F)n3)[C@@H](O)[C@H]4O)C2)C1. The number of carbonyl (C=O) groups excluding carboxylic acids is 1. The number of rotatable bonds is 13. The first-order chi connectivity index (χ1) is 37.4. The van der Waals surface area contributed by atoms with Crippen LogP contribution in [0.5, 0.6) is 0 Å². The summed E-state index contributed by atoms with van der Waals surface area (Å²) in [5.74, 6) is -1.56. The normalized spacial score (nSPS) is 29.3. The number of fused-ring (bicyclic) bond motifs is 6. The lowest BCUT2D eigenvalue weighted by Crippen LogP contribution is -2.64. The molecule has 6 aromatic rings. The van der Waals surface area contributed by atoms with Crippen molar-refractivity contribution in [3.8, 4) is 28.2 Å². The zero-order valence-corrected chi connectivity index (χ0v) is 43.4. The summed E-state index contributed by atoms with van der Waals surface area (Å²) in [5, 5.41) is 40.6. The fourth-order valence-electron chi connectivity index (χ4n) is 12.3. The highest BCUT2D eigenvalue weighted by atomic mass is 35.5. The number of aliphatic hydroxyl groups excluding tert-OH is 2. The standard InChI is InChI=1S/C52H55Cl2F5N12O7/c1-26-30(16-28-3-2-27(14-28)15-29-4-7-33(17-29)76-23-51-24-77-48(78-51)43(45(73)46(51)74)65-41-11-13-61-49(66-41)52(57,58)59)5-8-39(36-18-31(10-12-60-36)44-37(64-47(26)75)21-63-71(44)50(55)56)69-25-62-35(20-42(69)72)34-19-32(53)6-9-38(34)70-22-40(54)67-68-70/h6,9-13,18-22,25-30,33,39,43,45-46,48,50,73-74H,2-5,7-8,14-17,23-24H2,1H3,(H,64,75)(H,61,65,66)/t26-,27?,28?,29?,30?,33?,39+,43-,45-,46-,48+,51+/m1/s1. The van der Waals surface area contributed by atoms with Gasteiger partial charge in [0.15, 0.2) is 11.4 Å². The van der Waals surface area contributed by atoms with E-state index in [-0.39, 0.29) is 59.4 Å². The first kappa shape index (κ1) is 54.0. The molecule has 2 saturated heterocycles. The van der Waals surface area contributed by atoms with Gasteiger partial charge in [-0.3, -0.25) is 19.1 Å². The molecule has 4 bridgehead atoms. The Bertz CT molecular complexity index is 3220. The third-order valence-electron chi connectivity index (χ3n) is 16.3. The zero-order valence-electron chi connectivity index (χ0n) is 41.9. The summed E-state index contributed by atoms with van der Waals surface area (Å²) in [5.41, 5.74) is 0.425. The van der Waals surface area contributed by atoms with Crippen molar-refractivity contribution >= 4 is 40.6 Å². The van der Waals surface area contributed by atoms with Crippen LogP contribution in [0.25, 0.3) is 28.2 Å². The Kier molecular flexibility index (Phi) is 15.2. The summed E-state index contributed by atoms with van der Waals surface area (Å²) in [7, 11) is 0. The molecule has 11 rings (SSSR count). The van der Waals surface area contributed by atoms with E-state index >= 15 is 0 Å². The molecule has 12 atom stereocenters. The van der Waals surface area contributed by atoms with Crippen LogP contribution < -0.4 is 16.2 Å². The Labute approximate surface area is 452 Å². The number of hydrogen-bond acceptors (Lipinski definition) is 15. The van der Waals surface area contributed by atoms with Crippen LogP contribution in [-0.2, 0) is 25.2 Å². The molecule has 78 heavy (non-hydrogen) atoms. The lowest BCUT2D eigenvalue weighted by Gasteiger charge is -2.43. The van der Waals surface area contributed by atoms with Gasteiger partial charge < -0.3 is 35.1 Å². The summed E-state index contributed by atoms with van der Waals surface area (Å²) < 4.78 is 90.7. The van der Waals surface area contributed by atoms with Crippen LogP contribution >= 0.6 is 23.2 Å². The Morgan fingerprint density at radius 1 is 0.949 bits per heavy atom. The Morgan fingerprint density at radius 2 is 1.73 bits per heavy atom. The van der Waals surface area contributed by atoms with E-state index in [9.17, 15) is 41.8 Å². The maximum atomic E-state index is 14.6. The molecule has 1 amide bonds. The molecule has 0 spiro atoms. The number of aliphatic hydroxyl groups is 2. The molecular formula is C52H55Cl2F5N12O7. The molecule has 5 aromatic heterocycles. The molecule has 2 saturated carbocycles. The van der Waals surface area contributed by atoms with E-state index in [1.807, 2.05) is 6.92 Å². The monoisotopic (exact) mass is 1120 g/mol. The van der Waals surface area contributed by atoms with Crippen molar-refractivity contribution in [2.75, 3.05) is 23.8 Å². The Balaban J connectivity index is 0.761. The highest BCUT2D eigenvalue weighted by Gasteiger charge is 2.60. The minimum Gasteiger partial charge on any atom is -0.388 e. The van der Waals surface area contributed by atoms with Gasteiger partial charge in [-0.2, -0.15) is 27.1 Å². The van der Waals surface area contributed by atoms with E-state index in [0.29, 0.717) is 69.0 Å². The minimum absolute atomic E-state index is 0.00261. The molecule has 1 aromatic carbocycles. The topological polar surface area (TPSA) is 231 Å². The molecule has 414 valence electrons. The van der Waals surface area contributed by atoms with Crippen molar-refractivity contribution in [2.45, 2.75) is 126 Å². The maximum absolute atomic E-state index is 14.6. The van der Waals surface area contributed by atoms with Gasteiger partial charge in [0.25, 0.3) is 5.56 Å². The Hall–Kier alpha value is -6.02. The number of aromatic nitrogens is 10. The van der Waals surface area contributed by atoms with Gasteiger partial charge in [0.05, 0.1) is 72.5 Å². The lowest BCUT2D eigenvalue weighted by atomic mass is 9.79. The van der Waals surface area contributed by atoms with Gasteiger partial charge in [0.1, 0.15) is 29.7 Å². The molecule has 4 fully saturated rings. The number of anilines is 2. The summed E-state index contributed by atoms with van der Waals surface area (Å²) in [6.45, 7) is -1.32. The predicted octanol–water partition coefficient (Wildman–Crippen LogP) is 8.54. The molecule has 5 aliphatic rings. The molecule has 26 heteroatoms.